The van der Waals surface area contributed by atoms with E-state index in [4.69, 9.17) is 15.2 Å². The fraction of sp³-hybridized carbons (Fsp3) is 0.364. The number of hydrogen-bond acceptors (Lipinski definition) is 5. The van der Waals surface area contributed by atoms with Crippen LogP contribution in [0.1, 0.15) is 29.2 Å². The van der Waals surface area contributed by atoms with E-state index in [9.17, 15) is 9.59 Å². The molecule has 0 saturated heterocycles. The molecule has 0 aliphatic carbocycles. The zero-order chi connectivity index (χ0) is 20.3. The lowest BCUT2D eigenvalue weighted by molar-refractivity contribution is -0.119. The van der Waals surface area contributed by atoms with Crippen molar-refractivity contribution in [1.82, 2.24) is 0 Å². The first kappa shape index (κ1) is 19.9. The molecule has 0 fully saturated rings. The van der Waals surface area contributed by atoms with Crippen molar-refractivity contribution >= 4 is 17.7 Å². The Labute approximate surface area is 165 Å². The van der Waals surface area contributed by atoms with Crippen molar-refractivity contribution in [2.45, 2.75) is 39.7 Å². The quantitative estimate of drug-likeness (QED) is 0.634. The molecule has 1 aliphatic rings. The molecule has 2 aromatic rings. The highest BCUT2D eigenvalue weighted by atomic mass is 16.7. The fourth-order valence-electron chi connectivity index (χ4n) is 3.65. The number of nitrogens with zero attached hydrogens (tertiary/aromatic N) is 1. The first-order valence-electron chi connectivity index (χ1n) is 9.50. The van der Waals surface area contributed by atoms with Gasteiger partial charge in [-0.1, -0.05) is 18.2 Å². The summed E-state index contributed by atoms with van der Waals surface area (Å²) in [6, 6.07) is 10.8. The number of nitrogens with two attached hydrogens (primary N) is 1. The Kier molecular flexibility index (Phi) is 5.99. The molecule has 0 unspecified atom stereocenters. The third-order valence-electron chi connectivity index (χ3n) is 5.03. The highest BCUT2D eigenvalue weighted by Gasteiger charge is 2.28. The van der Waals surface area contributed by atoms with Gasteiger partial charge >= 0.3 is 6.16 Å². The average molecular weight is 382 g/mol. The molecular formula is C22H26N2O4. The molecule has 0 aromatic heterocycles. The Hall–Kier alpha value is -2.86. The van der Waals surface area contributed by atoms with Gasteiger partial charge in [-0.15, -0.1) is 0 Å². The standard InChI is InChI=1S/C22H26N2O4/c1-4-27-22(26)28-17-11-14(2)18(15(3)12-17)13-19(23)21(25)24-10-9-16-7-5-6-8-20(16)24/h5-8,11-12,19H,4,9-10,13,23H2,1-3H3/t19-/m1/s1. The number of anilines is 1. The van der Waals surface area contributed by atoms with E-state index in [1.54, 1.807) is 24.0 Å². The van der Waals surface area contributed by atoms with Crippen LogP contribution in [0.25, 0.3) is 0 Å². The summed E-state index contributed by atoms with van der Waals surface area (Å²) < 4.78 is 9.98. The summed E-state index contributed by atoms with van der Waals surface area (Å²) in [4.78, 5) is 26.2. The molecule has 1 atom stereocenters. The Morgan fingerprint density at radius 2 is 1.86 bits per heavy atom. The van der Waals surface area contributed by atoms with E-state index < -0.39 is 12.2 Å². The molecule has 28 heavy (non-hydrogen) atoms. The van der Waals surface area contributed by atoms with Crippen LogP contribution in [0.2, 0.25) is 0 Å². The Morgan fingerprint density at radius 3 is 2.54 bits per heavy atom. The molecule has 0 bridgehead atoms. The second-order valence-corrected chi connectivity index (χ2v) is 7.00. The van der Waals surface area contributed by atoms with Gasteiger partial charge in [-0.2, -0.15) is 0 Å². The van der Waals surface area contributed by atoms with Crippen LogP contribution in [0.3, 0.4) is 0 Å². The maximum atomic E-state index is 12.9. The Balaban J connectivity index is 1.73. The van der Waals surface area contributed by atoms with Crippen molar-refractivity contribution < 1.29 is 19.1 Å². The molecule has 2 aromatic carbocycles. The number of benzene rings is 2. The first-order chi connectivity index (χ1) is 13.4. The zero-order valence-electron chi connectivity index (χ0n) is 16.5. The van der Waals surface area contributed by atoms with E-state index >= 15 is 0 Å². The van der Waals surface area contributed by atoms with E-state index in [2.05, 4.69) is 0 Å². The number of carbonyl (C=O) groups is 2. The Bertz CT molecular complexity index is 871. The number of rotatable bonds is 5. The van der Waals surface area contributed by atoms with Crippen LogP contribution in [0.15, 0.2) is 36.4 Å². The van der Waals surface area contributed by atoms with Crippen molar-refractivity contribution in [3.05, 3.63) is 58.7 Å². The largest absolute Gasteiger partial charge is 0.513 e. The van der Waals surface area contributed by atoms with Crippen LogP contribution >= 0.6 is 0 Å². The number of aryl methyl sites for hydroxylation is 2. The lowest BCUT2D eigenvalue weighted by Gasteiger charge is -2.23. The number of fused-ring (bicyclic) bond motifs is 1. The molecule has 6 heteroatoms. The van der Waals surface area contributed by atoms with E-state index in [0.717, 1.165) is 28.8 Å². The topological polar surface area (TPSA) is 81.9 Å². The second-order valence-electron chi connectivity index (χ2n) is 7.00. The van der Waals surface area contributed by atoms with Crippen LogP contribution in [0.5, 0.6) is 5.75 Å². The lowest BCUT2D eigenvalue weighted by atomic mass is 9.95. The van der Waals surface area contributed by atoms with E-state index in [-0.39, 0.29) is 12.5 Å². The van der Waals surface area contributed by atoms with Crippen molar-refractivity contribution in [2.75, 3.05) is 18.1 Å². The highest BCUT2D eigenvalue weighted by molar-refractivity contribution is 5.99. The third-order valence-corrected chi connectivity index (χ3v) is 5.03. The minimum Gasteiger partial charge on any atom is -0.434 e. The fourth-order valence-corrected chi connectivity index (χ4v) is 3.65. The van der Waals surface area contributed by atoms with Crippen LogP contribution in [-0.4, -0.2) is 31.3 Å². The molecule has 6 nitrogen and oxygen atoms in total. The van der Waals surface area contributed by atoms with Gasteiger partial charge in [0.1, 0.15) is 5.75 Å². The maximum absolute atomic E-state index is 12.9. The summed E-state index contributed by atoms with van der Waals surface area (Å²) >= 11 is 0. The van der Waals surface area contributed by atoms with Crippen LogP contribution < -0.4 is 15.4 Å². The van der Waals surface area contributed by atoms with Crippen molar-refractivity contribution in [2.24, 2.45) is 5.73 Å². The zero-order valence-corrected chi connectivity index (χ0v) is 16.5. The molecule has 148 valence electrons. The Morgan fingerprint density at radius 1 is 1.18 bits per heavy atom. The number of amides is 1. The maximum Gasteiger partial charge on any atom is 0.513 e. The molecular weight excluding hydrogens is 356 g/mol. The van der Waals surface area contributed by atoms with Gasteiger partial charge in [-0.25, -0.2) is 4.79 Å². The highest BCUT2D eigenvalue weighted by Crippen LogP contribution is 2.29. The molecule has 0 spiro atoms. The molecule has 0 saturated carbocycles. The van der Waals surface area contributed by atoms with E-state index in [1.807, 2.05) is 38.1 Å². The van der Waals surface area contributed by atoms with Crippen LogP contribution in [-0.2, 0) is 22.4 Å². The monoisotopic (exact) mass is 382 g/mol. The number of hydrogen-bond donors (Lipinski definition) is 1. The molecule has 1 heterocycles. The third kappa shape index (κ3) is 4.17. The van der Waals surface area contributed by atoms with Gasteiger partial charge in [0.2, 0.25) is 5.91 Å². The van der Waals surface area contributed by atoms with Crippen molar-refractivity contribution in [3.8, 4) is 5.75 Å². The first-order valence-corrected chi connectivity index (χ1v) is 9.50. The van der Waals surface area contributed by atoms with Gasteiger partial charge in [0, 0.05) is 12.2 Å². The SMILES string of the molecule is CCOC(=O)Oc1cc(C)c(C[C@@H](N)C(=O)N2CCc3ccccc32)c(C)c1. The normalized spacial score (nSPS) is 13.8. The average Bonchev–Trinajstić information content (AvgIpc) is 3.08. The lowest BCUT2D eigenvalue weighted by Crippen LogP contribution is -2.44. The molecule has 2 N–H and O–H groups in total. The number of para-hydroxylation sites is 1. The van der Waals surface area contributed by atoms with E-state index in [0.29, 0.717) is 18.7 Å². The van der Waals surface area contributed by atoms with Gasteiger partial charge in [-0.3, -0.25) is 4.79 Å². The summed E-state index contributed by atoms with van der Waals surface area (Å²) in [5.41, 5.74) is 11.2. The predicted molar refractivity (Wildman–Crippen MR) is 108 cm³/mol. The van der Waals surface area contributed by atoms with Gasteiger partial charge in [0.25, 0.3) is 0 Å². The van der Waals surface area contributed by atoms with Crippen LogP contribution in [0.4, 0.5) is 10.5 Å². The van der Waals surface area contributed by atoms with Gasteiger partial charge in [-0.05, 0) is 74.1 Å². The summed E-state index contributed by atoms with van der Waals surface area (Å²) in [5.74, 6) is 0.348. The second kappa shape index (κ2) is 8.44. The summed E-state index contributed by atoms with van der Waals surface area (Å²) in [7, 11) is 0. The van der Waals surface area contributed by atoms with Gasteiger partial charge < -0.3 is 20.1 Å². The predicted octanol–water partition coefficient (Wildman–Crippen LogP) is 3.30. The molecule has 1 amide bonds. The van der Waals surface area contributed by atoms with Crippen LogP contribution in [0, 0.1) is 13.8 Å². The van der Waals surface area contributed by atoms with Gasteiger partial charge in [0.05, 0.1) is 12.6 Å². The number of carbonyl (C=O) groups excluding carboxylic acids is 2. The molecule has 3 rings (SSSR count). The van der Waals surface area contributed by atoms with Crippen molar-refractivity contribution in [1.29, 1.82) is 0 Å². The van der Waals surface area contributed by atoms with Crippen molar-refractivity contribution in [3.63, 3.8) is 0 Å². The molecule has 0 radical (unpaired) electrons. The minimum absolute atomic E-state index is 0.0735. The van der Waals surface area contributed by atoms with Gasteiger partial charge in [0.15, 0.2) is 0 Å². The summed E-state index contributed by atoms with van der Waals surface area (Å²) in [5, 5.41) is 0. The molecule has 1 aliphatic heterocycles. The summed E-state index contributed by atoms with van der Waals surface area (Å²) in [6.45, 7) is 6.48. The van der Waals surface area contributed by atoms with E-state index in [1.165, 1.54) is 5.56 Å². The number of ether oxygens (including phenoxy) is 2. The smallest absolute Gasteiger partial charge is 0.434 e. The minimum atomic E-state index is -0.728. The summed E-state index contributed by atoms with van der Waals surface area (Å²) in [6.07, 6.45) is 0.551.